The van der Waals surface area contributed by atoms with Gasteiger partial charge in [0.25, 0.3) is 0 Å². The highest BCUT2D eigenvalue weighted by atomic mass is 32.2. The van der Waals surface area contributed by atoms with Crippen molar-refractivity contribution < 1.29 is 8.42 Å². The van der Waals surface area contributed by atoms with Crippen molar-refractivity contribution in [3.63, 3.8) is 0 Å². The van der Waals surface area contributed by atoms with Gasteiger partial charge in [-0.15, -0.1) is 0 Å². The molecule has 116 valence electrons. The topological polar surface area (TPSA) is 37.4 Å². The maximum Gasteiger partial charge on any atom is 0.218 e. The number of hydrogen-bond acceptors (Lipinski definition) is 2. The van der Waals surface area contributed by atoms with E-state index in [4.69, 9.17) is 0 Å². The first-order chi connectivity index (χ1) is 9.69. The Morgan fingerprint density at radius 1 is 1.14 bits per heavy atom. The fraction of sp³-hybridized carbons (Fsp3) is 0.647. The van der Waals surface area contributed by atoms with Gasteiger partial charge in [0, 0.05) is 12.6 Å². The van der Waals surface area contributed by atoms with E-state index in [0.717, 1.165) is 24.8 Å². The van der Waals surface area contributed by atoms with Crippen molar-refractivity contribution in [2.45, 2.75) is 51.8 Å². The van der Waals surface area contributed by atoms with E-state index in [1.165, 1.54) is 0 Å². The molecule has 0 unspecified atom stereocenters. The summed E-state index contributed by atoms with van der Waals surface area (Å²) in [5.41, 5.74) is 1.27. The van der Waals surface area contributed by atoms with Crippen LogP contribution >= 0.6 is 0 Å². The number of benzene rings is 1. The highest BCUT2D eigenvalue weighted by molar-refractivity contribution is 7.88. The Labute approximate surface area is 128 Å². The third-order valence-corrected chi connectivity index (χ3v) is 6.76. The molecule has 1 aliphatic heterocycles. The average Bonchev–Trinajstić information content (AvgIpc) is 2.60. The second kappa shape index (κ2) is 4.82. The molecule has 0 spiro atoms. The van der Waals surface area contributed by atoms with Gasteiger partial charge >= 0.3 is 0 Å². The standard InChI is InChI=1S/C17H25NO2S/c1-16(2)9-15-10-17(3,12-16)13-18(15)21(19,20)11-14-7-5-4-6-8-14/h4-8,15H,9-13H2,1-3H3/t15-,17+/m1/s1. The maximum atomic E-state index is 12.8. The molecule has 0 N–H and O–H groups in total. The SMILES string of the molecule is CC1(C)C[C@@H]2C[C@](C)(CN2S(=O)(=O)Cc2ccccc2)C1. The molecule has 0 amide bonds. The first kappa shape index (κ1) is 15.0. The molecule has 1 saturated heterocycles. The summed E-state index contributed by atoms with van der Waals surface area (Å²) in [5.74, 6) is 0.126. The van der Waals surface area contributed by atoms with E-state index < -0.39 is 10.0 Å². The van der Waals surface area contributed by atoms with E-state index in [9.17, 15) is 8.42 Å². The summed E-state index contributed by atoms with van der Waals surface area (Å²) in [6.45, 7) is 7.48. The van der Waals surface area contributed by atoms with Gasteiger partial charge in [0.05, 0.1) is 5.75 Å². The molecule has 3 rings (SSSR count). The van der Waals surface area contributed by atoms with Crippen LogP contribution in [-0.4, -0.2) is 25.3 Å². The normalized spacial score (nSPS) is 32.2. The molecule has 4 heteroatoms. The number of rotatable bonds is 3. The predicted molar refractivity (Wildman–Crippen MR) is 85.3 cm³/mol. The second-order valence-corrected chi connectivity index (χ2v) is 9.92. The molecule has 2 fully saturated rings. The lowest BCUT2D eigenvalue weighted by atomic mass is 9.65. The number of nitrogens with zero attached hydrogens (tertiary/aromatic N) is 1. The van der Waals surface area contributed by atoms with Crippen LogP contribution in [0.2, 0.25) is 0 Å². The van der Waals surface area contributed by atoms with Crippen LogP contribution in [0.4, 0.5) is 0 Å². The highest BCUT2D eigenvalue weighted by Crippen LogP contribution is 2.53. The minimum atomic E-state index is -3.22. The summed E-state index contributed by atoms with van der Waals surface area (Å²) in [6.07, 6.45) is 3.12. The summed E-state index contributed by atoms with van der Waals surface area (Å²) in [7, 11) is -3.22. The zero-order valence-electron chi connectivity index (χ0n) is 13.2. The minimum Gasteiger partial charge on any atom is -0.212 e. The van der Waals surface area contributed by atoms with Crippen LogP contribution in [0.3, 0.4) is 0 Å². The van der Waals surface area contributed by atoms with Gasteiger partial charge in [-0.2, -0.15) is 4.31 Å². The fourth-order valence-corrected chi connectivity index (χ4v) is 6.49. The summed E-state index contributed by atoms with van der Waals surface area (Å²) in [5, 5.41) is 0. The van der Waals surface area contributed by atoms with Gasteiger partial charge in [-0.1, -0.05) is 51.1 Å². The van der Waals surface area contributed by atoms with Crippen LogP contribution in [0.25, 0.3) is 0 Å². The van der Waals surface area contributed by atoms with E-state index in [1.807, 2.05) is 30.3 Å². The number of sulfonamides is 1. The predicted octanol–water partition coefficient (Wildman–Crippen LogP) is 3.42. The molecule has 1 saturated carbocycles. The van der Waals surface area contributed by atoms with Gasteiger partial charge in [-0.05, 0) is 35.7 Å². The third-order valence-electron chi connectivity index (χ3n) is 4.92. The van der Waals surface area contributed by atoms with E-state index in [0.29, 0.717) is 6.54 Å². The second-order valence-electron chi connectivity index (χ2n) is 8.00. The van der Waals surface area contributed by atoms with Crippen molar-refractivity contribution in [1.29, 1.82) is 0 Å². The molecule has 2 bridgehead atoms. The molecule has 3 nitrogen and oxygen atoms in total. The monoisotopic (exact) mass is 307 g/mol. The van der Waals surface area contributed by atoms with Crippen molar-refractivity contribution in [2.75, 3.05) is 6.54 Å². The Hall–Kier alpha value is -0.870. The molecule has 1 heterocycles. The van der Waals surface area contributed by atoms with Gasteiger partial charge in [0.1, 0.15) is 0 Å². The summed E-state index contributed by atoms with van der Waals surface area (Å²) in [6, 6.07) is 9.70. The largest absolute Gasteiger partial charge is 0.218 e. The van der Waals surface area contributed by atoms with Crippen LogP contribution in [0.1, 0.15) is 45.6 Å². The fourth-order valence-electron chi connectivity index (χ4n) is 4.60. The van der Waals surface area contributed by atoms with E-state index >= 15 is 0 Å². The van der Waals surface area contributed by atoms with Crippen molar-refractivity contribution in [1.82, 2.24) is 4.31 Å². The molecule has 1 aliphatic carbocycles. The Morgan fingerprint density at radius 2 is 1.81 bits per heavy atom. The van der Waals surface area contributed by atoms with Crippen LogP contribution in [0.5, 0.6) is 0 Å². The van der Waals surface area contributed by atoms with Crippen molar-refractivity contribution in [3.05, 3.63) is 35.9 Å². The summed E-state index contributed by atoms with van der Waals surface area (Å²) >= 11 is 0. The maximum absolute atomic E-state index is 12.8. The van der Waals surface area contributed by atoms with Gasteiger partial charge in [0.2, 0.25) is 10.0 Å². The first-order valence-corrected chi connectivity index (χ1v) is 9.34. The smallest absolute Gasteiger partial charge is 0.212 e. The molecule has 0 radical (unpaired) electrons. The first-order valence-electron chi connectivity index (χ1n) is 7.73. The van der Waals surface area contributed by atoms with Crippen LogP contribution in [-0.2, 0) is 15.8 Å². The molecular formula is C17H25NO2S. The molecular weight excluding hydrogens is 282 g/mol. The van der Waals surface area contributed by atoms with Crippen LogP contribution in [0.15, 0.2) is 30.3 Å². The molecule has 1 aromatic rings. The molecule has 21 heavy (non-hydrogen) atoms. The quantitative estimate of drug-likeness (QED) is 0.858. The van der Waals surface area contributed by atoms with E-state index in [-0.39, 0.29) is 22.6 Å². The molecule has 1 aromatic carbocycles. The van der Waals surface area contributed by atoms with Gasteiger partial charge in [-0.25, -0.2) is 8.42 Å². The lowest BCUT2D eigenvalue weighted by Crippen LogP contribution is -2.38. The highest BCUT2D eigenvalue weighted by Gasteiger charge is 2.52. The van der Waals surface area contributed by atoms with Gasteiger partial charge in [-0.3, -0.25) is 0 Å². The Kier molecular flexibility index (Phi) is 3.45. The Morgan fingerprint density at radius 3 is 2.48 bits per heavy atom. The zero-order chi connectivity index (χ0) is 15.3. The van der Waals surface area contributed by atoms with Crippen molar-refractivity contribution in [2.24, 2.45) is 10.8 Å². The van der Waals surface area contributed by atoms with Crippen molar-refractivity contribution >= 4 is 10.0 Å². The average molecular weight is 307 g/mol. The summed E-state index contributed by atoms with van der Waals surface area (Å²) < 4.78 is 27.4. The summed E-state index contributed by atoms with van der Waals surface area (Å²) in [4.78, 5) is 0. The molecule has 2 aliphatic rings. The Bertz CT molecular complexity index is 623. The van der Waals surface area contributed by atoms with Crippen LogP contribution in [0, 0.1) is 10.8 Å². The van der Waals surface area contributed by atoms with Gasteiger partial charge < -0.3 is 0 Å². The number of fused-ring (bicyclic) bond motifs is 2. The lowest BCUT2D eigenvalue weighted by molar-refractivity contribution is 0.133. The van der Waals surface area contributed by atoms with E-state index in [1.54, 1.807) is 4.31 Å². The lowest BCUT2D eigenvalue weighted by Gasteiger charge is -2.39. The molecule has 0 aromatic heterocycles. The minimum absolute atomic E-state index is 0.126. The van der Waals surface area contributed by atoms with Crippen LogP contribution < -0.4 is 0 Å². The zero-order valence-corrected chi connectivity index (χ0v) is 14.0. The number of hydrogen-bond donors (Lipinski definition) is 0. The van der Waals surface area contributed by atoms with Gasteiger partial charge in [0.15, 0.2) is 0 Å². The molecule has 2 atom stereocenters. The van der Waals surface area contributed by atoms with Crippen molar-refractivity contribution in [3.8, 4) is 0 Å². The van der Waals surface area contributed by atoms with E-state index in [2.05, 4.69) is 20.8 Å². The Balaban J connectivity index is 1.84. The third kappa shape index (κ3) is 3.02.